The number of esters is 1. The van der Waals surface area contributed by atoms with E-state index in [0.717, 1.165) is 27.7 Å². The van der Waals surface area contributed by atoms with Crippen LogP contribution in [0.25, 0.3) is 11.0 Å². The Bertz CT molecular complexity index is 1250. The van der Waals surface area contributed by atoms with Crippen LogP contribution in [-0.4, -0.2) is 33.3 Å². The minimum absolute atomic E-state index is 0.0916. The Morgan fingerprint density at radius 2 is 1.82 bits per heavy atom. The van der Waals surface area contributed by atoms with E-state index >= 15 is 0 Å². The highest BCUT2D eigenvalue weighted by Gasteiger charge is 2.22. The van der Waals surface area contributed by atoms with Crippen LogP contribution in [0.3, 0.4) is 0 Å². The second kappa shape index (κ2) is 10.7. The average Bonchev–Trinajstić information content (AvgIpc) is 2.77. The molecule has 1 aromatic carbocycles. The zero-order valence-electron chi connectivity index (χ0n) is 19.8. The molecule has 180 valence electrons. The molecule has 1 amide bonds. The molecule has 0 aliphatic rings. The molecule has 10 heteroatoms. The van der Waals surface area contributed by atoms with Gasteiger partial charge in [0.25, 0.3) is 11.5 Å². The number of amides is 1. The van der Waals surface area contributed by atoms with Crippen molar-refractivity contribution >= 4 is 40.8 Å². The lowest BCUT2D eigenvalue weighted by atomic mass is 10.1. The molecule has 2 aromatic heterocycles. The summed E-state index contributed by atoms with van der Waals surface area (Å²) in [7, 11) is 0. The summed E-state index contributed by atoms with van der Waals surface area (Å²) < 4.78 is 11.6. The minimum Gasteiger partial charge on any atom is -0.459 e. The number of anilines is 1. The van der Waals surface area contributed by atoms with Gasteiger partial charge in [0.15, 0.2) is 5.82 Å². The van der Waals surface area contributed by atoms with Crippen LogP contribution in [0.5, 0.6) is 0 Å². The summed E-state index contributed by atoms with van der Waals surface area (Å²) in [6, 6.07) is 12.5. The first-order chi connectivity index (χ1) is 16.1. The third-order valence-corrected chi connectivity index (χ3v) is 4.94. The van der Waals surface area contributed by atoms with Crippen molar-refractivity contribution in [2.24, 2.45) is 0 Å². The van der Waals surface area contributed by atoms with E-state index in [9.17, 15) is 14.4 Å². The molecule has 0 unspecified atom stereocenters. The molecular weight excluding hydrogens is 456 g/mol. The van der Waals surface area contributed by atoms with E-state index in [1.807, 2.05) is 31.2 Å². The second-order valence-corrected chi connectivity index (χ2v) is 9.17. The first-order valence-corrected chi connectivity index (χ1v) is 11.8. The van der Waals surface area contributed by atoms with Crippen LogP contribution in [0.15, 0.2) is 47.3 Å². The lowest BCUT2D eigenvalue weighted by molar-refractivity contribution is -0.155. The van der Waals surface area contributed by atoms with Gasteiger partial charge in [0.05, 0.1) is 0 Å². The van der Waals surface area contributed by atoms with Gasteiger partial charge in [-0.1, -0.05) is 29.8 Å². The SMILES string of the molecule is CSONc1ccc2cc(C(=O)NCc3ccc(C)cc3)c(=O)n(CC(=O)OC(C)(C)C)c2n1. The number of nitrogens with zero attached hydrogens (tertiary/aromatic N) is 2. The molecule has 0 saturated heterocycles. The summed E-state index contributed by atoms with van der Waals surface area (Å²) in [6.45, 7) is 7.05. The van der Waals surface area contributed by atoms with Crippen molar-refractivity contribution in [2.45, 2.75) is 46.4 Å². The molecule has 0 bridgehead atoms. The van der Waals surface area contributed by atoms with E-state index in [4.69, 9.17) is 9.02 Å². The quantitative estimate of drug-likeness (QED) is 0.283. The molecule has 3 rings (SSSR count). The largest absolute Gasteiger partial charge is 0.459 e. The topological polar surface area (TPSA) is 112 Å². The molecule has 3 aromatic rings. The van der Waals surface area contributed by atoms with Crippen LogP contribution in [0.4, 0.5) is 5.82 Å². The van der Waals surface area contributed by atoms with Crippen LogP contribution in [0.1, 0.15) is 42.3 Å². The molecule has 2 N–H and O–H groups in total. The fourth-order valence-electron chi connectivity index (χ4n) is 3.18. The lowest BCUT2D eigenvalue weighted by Gasteiger charge is -2.20. The zero-order valence-corrected chi connectivity index (χ0v) is 20.6. The highest BCUT2D eigenvalue weighted by Crippen LogP contribution is 2.17. The van der Waals surface area contributed by atoms with E-state index < -0.39 is 29.6 Å². The van der Waals surface area contributed by atoms with E-state index in [-0.39, 0.29) is 17.8 Å². The monoisotopic (exact) mass is 484 g/mol. The van der Waals surface area contributed by atoms with Crippen LogP contribution >= 0.6 is 12.0 Å². The van der Waals surface area contributed by atoms with Crippen LogP contribution in [0, 0.1) is 6.92 Å². The van der Waals surface area contributed by atoms with Gasteiger partial charge in [-0.05, 0) is 51.5 Å². The normalized spacial score (nSPS) is 11.3. The smallest absolute Gasteiger partial charge is 0.326 e. The number of carbonyl (C=O) groups excluding carboxylic acids is 2. The number of fused-ring (bicyclic) bond motifs is 1. The number of hydrogen-bond acceptors (Lipinski definition) is 8. The number of pyridine rings is 2. The highest BCUT2D eigenvalue weighted by molar-refractivity contribution is 7.93. The van der Waals surface area contributed by atoms with Crippen LogP contribution in [0.2, 0.25) is 0 Å². The number of nitrogens with one attached hydrogen (secondary N) is 2. The first kappa shape index (κ1) is 25.3. The van der Waals surface area contributed by atoms with Crippen molar-refractivity contribution in [3.63, 3.8) is 0 Å². The fraction of sp³-hybridized carbons (Fsp3) is 0.333. The molecule has 0 atom stereocenters. The Labute approximate surface area is 202 Å². The summed E-state index contributed by atoms with van der Waals surface area (Å²) in [5, 5.41) is 3.29. The Balaban J connectivity index is 1.98. The molecule has 0 aliphatic carbocycles. The molecular formula is C24H28N4O5S. The number of hydrogen-bond donors (Lipinski definition) is 2. The van der Waals surface area contributed by atoms with Gasteiger partial charge in [0, 0.05) is 30.2 Å². The lowest BCUT2D eigenvalue weighted by Crippen LogP contribution is -2.36. The van der Waals surface area contributed by atoms with Gasteiger partial charge in [-0.2, -0.15) is 0 Å². The fourth-order valence-corrected chi connectivity index (χ4v) is 3.35. The van der Waals surface area contributed by atoms with E-state index in [0.29, 0.717) is 11.2 Å². The van der Waals surface area contributed by atoms with Crippen molar-refractivity contribution in [1.82, 2.24) is 14.9 Å². The summed E-state index contributed by atoms with van der Waals surface area (Å²) in [4.78, 5) is 43.2. The summed E-state index contributed by atoms with van der Waals surface area (Å²) in [5.41, 5.74) is 3.42. The number of benzene rings is 1. The third kappa shape index (κ3) is 6.58. The van der Waals surface area contributed by atoms with Gasteiger partial charge in [0.2, 0.25) is 0 Å². The van der Waals surface area contributed by atoms with Crippen LogP contribution < -0.4 is 16.4 Å². The van der Waals surface area contributed by atoms with Gasteiger partial charge < -0.3 is 10.1 Å². The Morgan fingerprint density at radius 3 is 2.47 bits per heavy atom. The zero-order chi connectivity index (χ0) is 24.9. The van der Waals surface area contributed by atoms with Gasteiger partial charge in [-0.25, -0.2) is 14.7 Å². The number of aromatic nitrogens is 2. The summed E-state index contributed by atoms with van der Waals surface area (Å²) in [5.74, 6) is -0.817. The summed E-state index contributed by atoms with van der Waals surface area (Å²) in [6.07, 6.45) is 1.73. The predicted octanol–water partition coefficient (Wildman–Crippen LogP) is 3.60. The molecule has 9 nitrogen and oxygen atoms in total. The minimum atomic E-state index is -0.730. The van der Waals surface area contributed by atoms with Crippen molar-refractivity contribution in [1.29, 1.82) is 0 Å². The maximum Gasteiger partial charge on any atom is 0.326 e. The maximum absolute atomic E-state index is 13.3. The number of aryl methyl sites for hydroxylation is 1. The Kier molecular flexibility index (Phi) is 7.95. The summed E-state index contributed by atoms with van der Waals surface area (Å²) >= 11 is 1.09. The van der Waals surface area contributed by atoms with Crippen molar-refractivity contribution in [2.75, 3.05) is 11.7 Å². The van der Waals surface area contributed by atoms with Crippen molar-refractivity contribution in [3.05, 3.63) is 69.5 Å². The molecule has 0 spiro atoms. The second-order valence-electron chi connectivity index (χ2n) is 8.67. The molecule has 0 aliphatic heterocycles. The molecule has 0 saturated carbocycles. The maximum atomic E-state index is 13.3. The third-order valence-electron chi connectivity index (χ3n) is 4.69. The number of rotatable bonds is 8. The first-order valence-electron chi connectivity index (χ1n) is 10.6. The average molecular weight is 485 g/mol. The Morgan fingerprint density at radius 1 is 1.12 bits per heavy atom. The van der Waals surface area contributed by atoms with Crippen molar-refractivity contribution < 1.29 is 18.6 Å². The van der Waals surface area contributed by atoms with E-state index in [1.54, 1.807) is 39.2 Å². The molecule has 2 heterocycles. The predicted molar refractivity (Wildman–Crippen MR) is 132 cm³/mol. The standard InChI is InChI=1S/C24H28N4O5S/c1-15-6-8-16(9-7-15)13-25-22(30)18-12-17-10-11-19(27-33-34-5)26-21(17)28(23(18)31)14-20(29)32-24(2,3)4/h6-12H,13-14H2,1-5H3,(H,25,30)(H,26,27). The molecule has 34 heavy (non-hydrogen) atoms. The van der Waals surface area contributed by atoms with Gasteiger partial charge in [-0.15, -0.1) is 0 Å². The molecule has 0 fully saturated rings. The van der Waals surface area contributed by atoms with Gasteiger partial charge >= 0.3 is 5.97 Å². The van der Waals surface area contributed by atoms with E-state index in [2.05, 4.69) is 15.8 Å². The molecule has 0 radical (unpaired) electrons. The number of carbonyl (C=O) groups is 2. The number of ether oxygens (including phenoxy) is 1. The Hall–Kier alpha value is -3.37. The van der Waals surface area contributed by atoms with Crippen molar-refractivity contribution in [3.8, 4) is 0 Å². The van der Waals surface area contributed by atoms with Gasteiger partial charge in [-0.3, -0.25) is 19.0 Å². The van der Waals surface area contributed by atoms with Crippen LogP contribution in [-0.2, 0) is 26.9 Å². The van der Waals surface area contributed by atoms with Gasteiger partial charge in [0.1, 0.15) is 23.4 Å². The highest BCUT2D eigenvalue weighted by atomic mass is 32.2. The van der Waals surface area contributed by atoms with E-state index in [1.165, 1.54) is 6.07 Å².